The summed E-state index contributed by atoms with van der Waals surface area (Å²) in [7, 11) is 0.444. The van der Waals surface area contributed by atoms with Crippen molar-refractivity contribution in [3.63, 3.8) is 0 Å². The fraction of sp³-hybridized carbons (Fsp3) is 0.231. The molecule has 10 nitrogen and oxygen atoms in total. The third kappa shape index (κ3) is 4.48. The molecular formula is C13H23N10P. The maximum absolute atomic E-state index is 6.03. The molecule has 0 fully saturated rings. The Bertz CT molecular complexity index is 726. The molecule has 0 aliphatic rings. The van der Waals surface area contributed by atoms with E-state index in [2.05, 4.69) is 15.5 Å². The second kappa shape index (κ2) is 7.82. The summed E-state index contributed by atoms with van der Waals surface area (Å²) >= 11 is 0. The highest BCUT2D eigenvalue weighted by Gasteiger charge is 2.10. The van der Waals surface area contributed by atoms with Crippen LogP contribution < -0.4 is 34.3 Å². The summed E-state index contributed by atoms with van der Waals surface area (Å²) in [5.41, 5.74) is 23.0. The summed E-state index contributed by atoms with van der Waals surface area (Å²) < 4.78 is 3.28. The highest BCUT2D eigenvalue weighted by Crippen LogP contribution is 2.24. The van der Waals surface area contributed by atoms with Crippen LogP contribution in [0.5, 0.6) is 0 Å². The molecule has 1 unspecified atom stereocenters. The van der Waals surface area contributed by atoms with Crippen molar-refractivity contribution in [2.24, 2.45) is 17.4 Å². The molecule has 0 bridgehead atoms. The van der Waals surface area contributed by atoms with E-state index in [0.717, 1.165) is 11.1 Å². The average molecular weight is 350 g/mol. The van der Waals surface area contributed by atoms with E-state index < -0.39 is 0 Å². The minimum Gasteiger partial charge on any atom is -0.399 e. The van der Waals surface area contributed by atoms with Crippen LogP contribution in [0.4, 0.5) is 17.3 Å². The highest BCUT2D eigenvalue weighted by atomic mass is 31.1. The molecule has 0 saturated carbocycles. The monoisotopic (exact) mass is 350 g/mol. The SMILES string of the molecule is CPN(N)/C=C(\N)Cn1cc(Cc2cc(N)nc(NN)c2N)cn1. The lowest BCUT2D eigenvalue weighted by atomic mass is 10.1. The first kappa shape index (κ1) is 17.8. The number of allylic oxidation sites excluding steroid dienone is 1. The summed E-state index contributed by atoms with van der Waals surface area (Å²) in [6, 6.07) is 1.72. The van der Waals surface area contributed by atoms with Gasteiger partial charge >= 0.3 is 0 Å². The maximum Gasteiger partial charge on any atom is 0.165 e. The Morgan fingerprint density at radius 1 is 1.46 bits per heavy atom. The van der Waals surface area contributed by atoms with Gasteiger partial charge in [-0.1, -0.05) is 0 Å². The van der Waals surface area contributed by atoms with Gasteiger partial charge in [-0.2, -0.15) is 5.10 Å². The number of nitrogens with two attached hydrogens (primary N) is 5. The van der Waals surface area contributed by atoms with Crippen LogP contribution in [0.25, 0.3) is 0 Å². The van der Waals surface area contributed by atoms with Crippen molar-refractivity contribution >= 4 is 26.1 Å². The third-order valence-corrected chi connectivity index (χ3v) is 3.94. The van der Waals surface area contributed by atoms with Crippen molar-refractivity contribution in [3.05, 3.63) is 41.5 Å². The van der Waals surface area contributed by atoms with Gasteiger partial charge in [0.15, 0.2) is 5.82 Å². The molecule has 11 heteroatoms. The molecule has 0 aliphatic carbocycles. The number of rotatable bonds is 7. The molecule has 0 amide bonds. The zero-order chi connectivity index (χ0) is 17.7. The van der Waals surface area contributed by atoms with Crippen LogP contribution in [-0.4, -0.2) is 26.2 Å². The highest BCUT2D eigenvalue weighted by molar-refractivity contribution is 7.34. The number of nitrogens with zero attached hydrogens (tertiary/aromatic N) is 4. The standard InChI is InChI=1S/C13H23N10P/c1-24-23(18)7-10(14)6-22-5-8(4-19-22)2-9-3-11(15)20-13(21-17)12(9)16/h3-5,7,24H,2,6,14,16-18H2,1H3,(H3,15,20,21)/b10-7-. The summed E-state index contributed by atoms with van der Waals surface area (Å²) in [6.45, 7) is 2.41. The van der Waals surface area contributed by atoms with Crippen molar-refractivity contribution in [1.29, 1.82) is 0 Å². The van der Waals surface area contributed by atoms with Crippen LogP contribution in [0, 0.1) is 0 Å². The molecule has 24 heavy (non-hydrogen) atoms. The van der Waals surface area contributed by atoms with E-state index in [1.807, 2.05) is 12.9 Å². The first-order valence-corrected chi connectivity index (χ1v) is 8.58. The summed E-state index contributed by atoms with van der Waals surface area (Å²) in [4.78, 5) is 4.03. The van der Waals surface area contributed by atoms with Gasteiger partial charge in [0, 0.05) is 24.5 Å². The molecule has 0 aliphatic heterocycles. The molecule has 2 aromatic rings. The number of nitrogen functional groups attached to an aromatic ring is 3. The fourth-order valence-corrected chi connectivity index (χ4v) is 2.46. The third-order valence-electron chi connectivity index (χ3n) is 3.29. The Hall–Kier alpha value is -2.55. The minimum atomic E-state index is 0.343. The molecular weight excluding hydrogens is 327 g/mol. The molecule has 0 aromatic carbocycles. The van der Waals surface area contributed by atoms with Crippen LogP contribution >= 0.6 is 8.73 Å². The maximum atomic E-state index is 6.03. The van der Waals surface area contributed by atoms with Gasteiger partial charge in [-0.3, -0.25) is 9.46 Å². The Balaban J connectivity index is 2.12. The van der Waals surface area contributed by atoms with E-state index in [1.54, 1.807) is 27.9 Å². The lowest BCUT2D eigenvalue weighted by Crippen LogP contribution is -2.19. The van der Waals surface area contributed by atoms with Crippen LogP contribution in [0.15, 0.2) is 30.4 Å². The van der Waals surface area contributed by atoms with Gasteiger partial charge in [-0.15, -0.1) is 0 Å². The minimum absolute atomic E-state index is 0.343. The molecule has 0 spiro atoms. The van der Waals surface area contributed by atoms with Crippen molar-refractivity contribution in [2.45, 2.75) is 13.0 Å². The van der Waals surface area contributed by atoms with Gasteiger partial charge in [-0.25, -0.2) is 16.7 Å². The molecule has 130 valence electrons. The van der Waals surface area contributed by atoms with E-state index >= 15 is 0 Å². The largest absolute Gasteiger partial charge is 0.399 e. The number of nitrogens with one attached hydrogen (secondary N) is 1. The normalized spacial score (nSPS) is 12.0. The van der Waals surface area contributed by atoms with Crippen LogP contribution in [0.2, 0.25) is 0 Å². The molecule has 2 aromatic heterocycles. The van der Waals surface area contributed by atoms with Crippen LogP contribution in [0.3, 0.4) is 0 Å². The fourth-order valence-electron chi connectivity index (χ4n) is 2.16. The Morgan fingerprint density at radius 2 is 2.21 bits per heavy atom. The van der Waals surface area contributed by atoms with Crippen molar-refractivity contribution in [3.8, 4) is 0 Å². The smallest absolute Gasteiger partial charge is 0.165 e. The summed E-state index contributed by atoms with van der Waals surface area (Å²) in [6.07, 6.45) is 5.89. The lowest BCUT2D eigenvalue weighted by Gasteiger charge is -2.11. The number of hydrogen-bond acceptors (Lipinski definition) is 9. The average Bonchev–Trinajstić information content (AvgIpc) is 2.97. The number of pyridine rings is 1. The zero-order valence-corrected chi connectivity index (χ0v) is 14.4. The van der Waals surface area contributed by atoms with E-state index in [1.165, 1.54) is 0 Å². The summed E-state index contributed by atoms with van der Waals surface area (Å²) in [5, 5.41) is 4.29. The van der Waals surface area contributed by atoms with E-state index in [9.17, 15) is 0 Å². The van der Waals surface area contributed by atoms with Gasteiger partial charge in [-0.05, 0) is 32.6 Å². The van der Waals surface area contributed by atoms with Crippen LogP contribution in [-0.2, 0) is 13.0 Å². The Labute approximate surface area is 141 Å². The topological polar surface area (TPSA) is 176 Å². The second-order valence-corrected chi connectivity index (χ2v) is 6.13. The second-order valence-electron chi connectivity index (χ2n) is 5.17. The first-order valence-electron chi connectivity index (χ1n) is 7.13. The molecule has 1 atom stereocenters. The van der Waals surface area contributed by atoms with Gasteiger partial charge in [0.1, 0.15) is 5.82 Å². The molecule has 0 saturated heterocycles. The Kier molecular flexibility index (Phi) is 5.80. The molecule has 11 N–H and O–H groups in total. The van der Waals surface area contributed by atoms with Crippen molar-refractivity contribution in [1.82, 2.24) is 19.5 Å². The number of hydrogen-bond donors (Lipinski definition) is 6. The number of anilines is 3. The van der Waals surface area contributed by atoms with Gasteiger partial charge < -0.3 is 22.6 Å². The molecule has 0 radical (unpaired) electrons. The predicted octanol–water partition coefficient (Wildman–Crippen LogP) is -0.482. The van der Waals surface area contributed by atoms with Gasteiger partial charge in [0.25, 0.3) is 0 Å². The van der Waals surface area contributed by atoms with Crippen LogP contribution in [0.1, 0.15) is 11.1 Å². The van der Waals surface area contributed by atoms with Gasteiger partial charge in [0.05, 0.1) is 18.4 Å². The number of hydrazine groups is 2. The Morgan fingerprint density at radius 3 is 2.88 bits per heavy atom. The number of aromatic nitrogens is 3. The lowest BCUT2D eigenvalue weighted by molar-refractivity contribution is 0.619. The molecule has 2 heterocycles. The predicted molar refractivity (Wildman–Crippen MR) is 98.4 cm³/mol. The zero-order valence-electron chi connectivity index (χ0n) is 13.4. The van der Waals surface area contributed by atoms with Gasteiger partial charge in [0.2, 0.25) is 0 Å². The van der Waals surface area contributed by atoms with E-state index in [-0.39, 0.29) is 0 Å². The van der Waals surface area contributed by atoms with Crippen molar-refractivity contribution < 1.29 is 0 Å². The quantitative estimate of drug-likeness (QED) is 0.219. The first-order chi connectivity index (χ1) is 11.4. The van der Waals surface area contributed by atoms with E-state index in [4.69, 9.17) is 28.9 Å². The van der Waals surface area contributed by atoms with Crippen molar-refractivity contribution in [2.75, 3.05) is 23.6 Å². The summed E-state index contributed by atoms with van der Waals surface area (Å²) in [5.74, 6) is 11.8. The molecule has 2 rings (SSSR count). The van der Waals surface area contributed by atoms with E-state index in [0.29, 0.717) is 44.7 Å².